The quantitative estimate of drug-likeness (QED) is 0.0643. The highest BCUT2D eigenvalue weighted by molar-refractivity contribution is 5.96. The molecule has 0 bridgehead atoms. The molecule has 0 heterocycles. The highest BCUT2D eigenvalue weighted by atomic mass is 16.4. The van der Waals surface area contributed by atoms with E-state index in [1.54, 1.807) is 0 Å². The van der Waals surface area contributed by atoms with Crippen LogP contribution in [0.4, 0.5) is 0 Å². The molecule has 42 heavy (non-hydrogen) atoms. The number of Topliss-reactive ketones (excluding diaryl/α,β-unsaturated/α-hetero) is 2. The molecule has 2 unspecified atom stereocenters. The first-order chi connectivity index (χ1) is 20.4. The molecule has 0 saturated heterocycles. The van der Waals surface area contributed by atoms with Crippen LogP contribution in [0.2, 0.25) is 0 Å². The Hall–Kier alpha value is -0.780. The minimum absolute atomic E-state index is 0.0817. The Bertz CT molecular complexity index is 607. The lowest BCUT2D eigenvalue weighted by molar-refractivity contribution is -0.165. The highest BCUT2D eigenvalue weighted by Crippen LogP contribution is 2.21. The van der Waals surface area contributed by atoms with Crippen LogP contribution in [0.1, 0.15) is 206 Å². The Labute approximate surface area is 261 Å². The minimum Gasteiger partial charge on any atom is -0.393 e. The lowest BCUT2D eigenvalue weighted by atomic mass is 9.85. The van der Waals surface area contributed by atoms with Crippen LogP contribution < -0.4 is 0 Å². The Morgan fingerprint density at radius 3 is 1.02 bits per heavy atom. The molecule has 2 atom stereocenters. The van der Waals surface area contributed by atoms with Gasteiger partial charge in [-0.3, -0.25) is 9.59 Å². The number of carbonyl (C=O) groups excluding carboxylic acids is 2. The third-order valence-corrected chi connectivity index (χ3v) is 9.02. The van der Waals surface area contributed by atoms with Crippen molar-refractivity contribution in [1.82, 2.24) is 0 Å². The molecule has 0 fully saturated rings. The van der Waals surface area contributed by atoms with Crippen molar-refractivity contribution >= 4 is 11.6 Å². The number of hydrogen-bond acceptors (Lipinski definition) is 5. The van der Waals surface area contributed by atoms with Gasteiger partial charge < -0.3 is 15.3 Å². The summed E-state index contributed by atoms with van der Waals surface area (Å²) in [5.74, 6) is -1.16. The first-order valence-corrected chi connectivity index (χ1v) is 18.5. The average Bonchev–Trinajstić information content (AvgIpc) is 3.00. The molecule has 0 aromatic heterocycles. The van der Waals surface area contributed by atoms with Gasteiger partial charge in [0.2, 0.25) is 0 Å². The SMILES string of the molecule is CCCCCCCCCCCCCCCCCC(=O)C(O)(CO)C(O)C(=O)CCCCCCCCCCCCCCC. The van der Waals surface area contributed by atoms with Gasteiger partial charge in [0.25, 0.3) is 0 Å². The van der Waals surface area contributed by atoms with Crippen LogP contribution in [-0.4, -0.2) is 45.2 Å². The van der Waals surface area contributed by atoms with E-state index in [0.717, 1.165) is 38.5 Å². The van der Waals surface area contributed by atoms with Crippen molar-refractivity contribution in [2.45, 2.75) is 218 Å². The molecule has 5 heteroatoms. The maximum absolute atomic E-state index is 12.6. The van der Waals surface area contributed by atoms with E-state index in [2.05, 4.69) is 13.8 Å². The molecule has 3 N–H and O–H groups in total. The molecule has 5 nitrogen and oxygen atoms in total. The van der Waals surface area contributed by atoms with Gasteiger partial charge in [-0.15, -0.1) is 0 Å². The van der Waals surface area contributed by atoms with Crippen LogP contribution in [0.3, 0.4) is 0 Å². The van der Waals surface area contributed by atoms with Gasteiger partial charge in [0.15, 0.2) is 23.3 Å². The standard InChI is InChI=1S/C37H72O5/c1-3-5-7-9-11-13-15-17-18-20-22-24-26-28-30-32-35(40)37(42,33-38)36(41)34(39)31-29-27-25-23-21-19-16-14-12-10-8-6-4-2/h36,38,41-42H,3-33H2,1-2H3. The van der Waals surface area contributed by atoms with Crippen LogP contribution >= 0.6 is 0 Å². The summed E-state index contributed by atoms with van der Waals surface area (Å²) in [6.45, 7) is 3.58. The van der Waals surface area contributed by atoms with Crippen molar-refractivity contribution in [2.24, 2.45) is 0 Å². The predicted molar refractivity (Wildman–Crippen MR) is 178 cm³/mol. The van der Waals surface area contributed by atoms with Gasteiger partial charge in [-0.1, -0.05) is 181 Å². The lowest BCUT2D eigenvalue weighted by Gasteiger charge is -2.29. The summed E-state index contributed by atoms with van der Waals surface area (Å²) in [5.41, 5.74) is -2.37. The molecule has 0 aliphatic heterocycles. The summed E-state index contributed by atoms with van der Waals surface area (Å²) in [7, 11) is 0. The van der Waals surface area contributed by atoms with Crippen molar-refractivity contribution in [1.29, 1.82) is 0 Å². The molecule has 0 saturated carbocycles. The summed E-state index contributed by atoms with van der Waals surface area (Å²) >= 11 is 0. The normalized spacial score (nSPS) is 13.7. The zero-order chi connectivity index (χ0) is 31.2. The monoisotopic (exact) mass is 597 g/mol. The second-order valence-corrected chi connectivity index (χ2v) is 13.1. The zero-order valence-corrected chi connectivity index (χ0v) is 28.2. The molecule has 0 aromatic rings. The maximum Gasteiger partial charge on any atom is 0.178 e. The second-order valence-electron chi connectivity index (χ2n) is 13.1. The lowest BCUT2D eigenvalue weighted by Crippen LogP contribution is -2.55. The van der Waals surface area contributed by atoms with Crippen LogP contribution in [0.5, 0.6) is 0 Å². The molecular weight excluding hydrogens is 524 g/mol. The Morgan fingerprint density at radius 1 is 0.476 bits per heavy atom. The summed E-state index contributed by atoms with van der Waals surface area (Å²) in [6, 6.07) is 0. The second kappa shape index (κ2) is 30.3. The van der Waals surface area contributed by atoms with Crippen LogP contribution in [0, 0.1) is 0 Å². The number of aliphatic hydroxyl groups excluding tert-OH is 2. The van der Waals surface area contributed by atoms with Gasteiger partial charge in [-0.05, 0) is 12.8 Å². The summed E-state index contributed by atoms with van der Waals surface area (Å²) in [6.07, 6.45) is 32.4. The number of carbonyl (C=O) groups is 2. The smallest absolute Gasteiger partial charge is 0.178 e. The van der Waals surface area contributed by atoms with Gasteiger partial charge in [0, 0.05) is 12.8 Å². The van der Waals surface area contributed by atoms with E-state index in [1.807, 2.05) is 0 Å². The molecule has 0 radical (unpaired) electrons. The van der Waals surface area contributed by atoms with Gasteiger partial charge in [-0.25, -0.2) is 0 Å². The molecule has 0 aliphatic rings. The van der Waals surface area contributed by atoms with Crippen LogP contribution in [0.25, 0.3) is 0 Å². The van der Waals surface area contributed by atoms with E-state index in [0.29, 0.717) is 12.8 Å². The van der Waals surface area contributed by atoms with Gasteiger partial charge in [0.05, 0.1) is 6.61 Å². The number of ketones is 2. The van der Waals surface area contributed by atoms with E-state index in [1.165, 1.54) is 128 Å². The molecule has 250 valence electrons. The third-order valence-electron chi connectivity index (χ3n) is 9.02. The van der Waals surface area contributed by atoms with E-state index in [9.17, 15) is 24.9 Å². The minimum atomic E-state index is -2.37. The summed E-state index contributed by atoms with van der Waals surface area (Å²) < 4.78 is 0. The first-order valence-electron chi connectivity index (χ1n) is 18.5. The summed E-state index contributed by atoms with van der Waals surface area (Å²) in [4.78, 5) is 25.1. The zero-order valence-electron chi connectivity index (χ0n) is 28.2. The number of unbranched alkanes of at least 4 members (excludes halogenated alkanes) is 26. The first kappa shape index (κ1) is 41.2. The number of rotatable bonds is 34. The van der Waals surface area contributed by atoms with Crippen molar-refractivity contribution in [2.75, 3.05) is 6.61 Å². The highest BCUT2D eigenvalue weighted by Gasteiger charge is 2.45. The topological polar surface area (TPSA) is 94.8 Å². The fourth-order valence-corrected chi connectivity index (χ4v) is 5.92. The van der Waals surface area contributed by atoms with Crippen molar-refractivity contribution in [3.8, 4) is 0 Å². The summed E-state index contributed by atoms with van der Waals surface area (Å²) in [5, 5.41) is 30.8. The fourth-order valence-electron chi connectivity index (χ4n) is 5.92. The average molecular weight is 597 g/mol. The van der Waals surface area contributed by atoms with Crippen LogP contribution in [0.15, 0.2) is 0 Å². The number of aliphatic hydroxyl groups is 3. The molecule has 0 spiro atoms. The van der Waals surface area contributed by atoms with Crippen molar-refractivity contribution < 1.29 is 24.9 Å². The van der Waals surface area contributed by atoms with Gasteiger partial charge in [0.1, 0.15) is 0 Å². The maximum atomic E-state index is 12.6. The van der Waals surface area contributed by atoms with E-state index < -0.39 is 29.9 Å². The Balaban J connectivity index is 3.83. The molecule has 0 aliphatic carbocycles. The van der Waals surface area contributed by atoms with Crippen molar-refractivity contribution in [3.05, 3.63) is 0 Å². The molecular formula is C37H72O5. The van der Waals surface area contributed by atoms with Gasteiger partial charge in [-0.2, -0.15) is 0 Å². The van der Waals surface area contributed by atoms with Crippen LogP contribution in [-0.2, 0) is 9.59 Å². The third kappa shape index (κ3) is 22.7. The Morgan fingerprint density at radius 2 is 0.738 bits per heavy atom. The Kier molecular flexibility index (Phi) is 29.7. The molecule has 0 aromatic carbocycles. The predicted octanol–water partition coefficient (Wildman–Crippen LogP) is 9.95. The number of hydrogen-bond donors (Lipinski definition) is 3. The van der Waals surface area contributed by atoms with E-state index in [-0.39, 0.29) is 12.8 Å². The largest absolute Gasteiger partial charge is 0.393 e. The van der Waals surface area contributed by atoms with Gasteiger partial charge >= 0.3 is 0 Å². The van der Waals surface area contributed by atoms with E-state index >= 15 is 0 Å². The fraction of sp³-hybridized carbons (Fsp3) is 0.946. The molecule has 0 amide bonds. The van der Waals surface area contributed by atoms with E-state index in [4.69, 9.17) is 0 Å². The van der Waals surface area contributed by atoms with Crippen molar-refractivity contribution in [3.63, 3.8) is 0 Å². The molecule has 0 rings (SSSR count).